The fourth-order valence-electron chi connectivity index (χ4n) is 4.39. The molecule has 0 bridgehead atoms. The van der Waals surface area contributed by atoms with Gasteiger partial charge in [-0.1, -0.05) is 26.0 Å². The van der Waals surface area contributed by atoms with E-state index in [-0.39, 0.29) is 29.4 Å². The Hall–Kier alpha value is -2.95. The van der Waals surface area contributed by atoms with Crippen molar-refractivity contribution in [2.24, 2.45) is 5.41 Å². The number of Topliss-reactive ketones (excluding diaryl/α,β-unsaturated/α-hetero) is 1. The summed E-state index contributed by atoms with van der Waals surface area (Å²) in [5.41, 5.74) is 3.03. The van der Waals surface area contributed by atoms with Gasteiger partial charge in [0.05, 0.1) is 12.8 Å². The topological polar surface area (TPSA) is 59.5 Å². The third kappa shape index (κ3) is 3.11. The van der Waals surface area contributed by atoms with Crippen molar-refractivity contribution in [2.45, 2.75) is 39.0 Å². The minimum atomic E-state index is -0.222. The predicted octanol–water partition coefficient (Wildman–Crippen LogP) is 4.25. The maximum atomic E-state index is 13.3. The molecule has 1 aliphatic carbocycles. The molecule has 1 aliphatic heterocycles. The molecule has 144 valence electrons. The van der Waals surface area contributed by atoms with Gasteiger partial charge in [0, 0.05) is 42.4 Å². The van der Waals surface area contributed by atoms with Crippen molar-refractivity contribution in [1.29, 1.82) is 0 Å². The highest BCUT2D eigenvalue weighted by molar-refractivity contribution is 6.08. The van der Waals surface area contributed by atoms with Gasteiger partial charge in [-0.25, -0.2) is 0 Å². The molecule has 0 saturated carbocycles. The zero-order valence-electron chi connectivity index (χ0n) is 16.4. The second kappa shape index (κ2) is 6.89. The summed E-state index contributed by atoms with van der Waals surface area (Å²) in [6.45, 7) is 4.16. The third-order valence-electron chi connectivity index (χ3n) is 5.58. The number of hydrogen-bond donors (Lipinski definition) is 0. The second-order valence-corrected chi connectivity index (χ2v) is 8.24. The molecule has 1 amide bonds. The van der Waals surface area contributed by atoms with Crippen LogP contribution in [0.1, 0.15) is 44.6 Å². The van der Waals surface area contributed by atoms with Crippen LogP contribution in [0.15, 0.2) is 60.1 Å². The summed E-state index contributed by atoms with van der Waals surface area (Å²) in [6, 6.07) is 11.3. The summed E-state index contributed by atoms with van der Waals surface area (Å²) in [4.78, 5) is 32.3. The number of carbonyl (C=O) groups excluding carboxylic acids is 2. The van der Waals surface area contributed by atoms with E-state index in [0.29, 0.717) is 24.3 Å². The first-order valence-electron chi connectivity index (χ1n) is 9.53. The molecule has 28 heavy (non-hydrogen) atoms. The Morgan fingerprint density at radius 1 is 1.07 bits per heavy atom. The summed E-state index contributed by atoms with van der Waals surface area (Å²) >= 11 is 0. The summed E-state index contributed by atoms with van der Waals surface area (Å²) in [5, 5.41) is 0. The van der Waals surface area contributed by atoms with E-state index in [0.717, 1.165) is 16.8 Å². The average molecular weight is 376 g/mol. The first-order valence-corrected chi connectivity index (χ1v) is 9.53. The molecule has 0 fully saturated rings. The van der Waals surface area contributed by atoms with Gasteiger partial charge < -0.3 is 4.74 Å². The fraction of sp³-hybridized carbons (Fsp3) is 0.348. The molecule has 1 aromatic carbocycles. The van der Waals surface area contributed by atoms with E-state index in [1.807, 2.05) is 36.4 Å². The van der Waals surface area contributed by atoms with Crippen molar-refractivity contribution < 1.29 is 14.3 Å². The fourth-order valence-corrected chi connectivity index (χ4v) is 4.39. The summed E-state index contributed by atoms with van der Waals surface area (Å²) in [5.74, 6) is 0.511. The number of aromatic nitrogens is 1. The van der Waals surface area contributed by atoms with Crippen LogP contribution >= 0.6 is 0 Å². The van der Waals surface area contributed by atoms with Gasteiger partial charge in [0.1, 0.15) is 5.75 Å². The number of hydrogen-bond acceptors (Lipinski definition) is 4. The van der Waals surface area contributed by atoms with E-state index in [2.05, 4.69) is 18.8 Å². The van der Waals surface area contributed by atoms with Crippen LogP contribution in [-0.2, 0) is 9.59 Å². The smallest absolute Gasteiger partial charge is 0.232 e. The van der Waals surface area contributed by atoms with Gasteiger partial charge in [-0.2, -0.15) is 0 Å². The summed E-state index contributed by atoms with van der Waals surface area (Å²) in [7, 11) is 1.60. The van der Waals surface area contributed by atoms with Gasteiger partial charge in [0.15, 0.2) is 5.78 Å². The second-order valence-electron chi connectivity index (χ2n) is 8.24. The van der Waals surface area contributed by atoms with Crippen molar-refractivity contribution in [3.05, 3.63) is 65.6 Å². The Labute approximate surface area is 165 Å². The molecule has 0 N–H and O–H groups in total. The first kappa shape index (κ1) is 18.4. The highest BCUT2D eigenvalue weighted by Crippen LogP contribution is 2.49. The third-order valence-corrected chi connectivity index (χ3v) is 5.58. The highest BCUT2D eigenvalue weighted by atomic mass is 16.5. The molecule has 0 saturated heterocycles. The van der Waals surface area contributed by atoms with Crippen molar-refractivity contribution >= 4 is 17.4 Å². The zero-order valence-corrected chi connectivity index (χ0v) is 16.4. The molecule has 5 heteroatoms. The lowest BCUT2D eigenvalue weighted by Crippen LogP contribution is -2.43. The monoisotopic (exact) mass is 376 g/mol. The summed E-state index contributed by atoms with van der Waals surface area (Å²) < 4.78 is 5.51. The quantitative estimate of drug-likeness (QED) is 0.803. The number of methoxy groups -OCH3 is 1. The Kier molecular flexibility index (Phi) is 4.53. The minimum Gasteiger partial charge on any atom is -0.495 e. The number of anilines is 1. The minimum absolute atomic E-state index is 0.0180. The predicted molar refractivity (Wildman–Crippen MR) is 107 cm³/mol. The highest BCUT2D eigenvalue weighted by Gasteiger charge is 2.44. The zero-order chi connectivity index (χ0) is 19.9. The lowest BCUT2D eigenvalue weighted by Gasteiger charge is -2.43. The van der Waals surface area contributed by atoms with Crippen LogP contribution in [0.5, 0.6) is 5.75 Å². The maximum Gasteiger partial charge on any atom is 0.232 e. The number of nitrogens with zero attached hydrogens (tertiary/aromatic N) is 2. The molecule has 5 nitrogen and oxygen atoms in total. The number of benzene rings is 1. The number of ketones is 1. The van der Waals surface area contributed by atoms with Crippen LogP contribution in [0.25, 0.3) is 0 Å². The van der Waals surface area contributed by atoms with E-state index < -0.39 is 0 Å². The van der Waals surface area contributed by atoms with Crippen LogP contribution in [0.4, 0.5) is 5.69 Å². The van der Waals surface area contributed by atoms with E-state index in [4.69, 9.17) is 4.74 Å². The molecular weight excluding hydrogens is 352 g/mol. The lowest BCUT2D eigenvalue weighted by atomic mass is 9.69. The number of rotatable bonds is 3. The van der Waals surface area contributed by atoms with Gasteiger partial charge in [-0.3, -0.25) is 19.5 Å². The van der Waals surface area contributed by atoms with Crippen molar-refractivity contribution in [1.82, 2.24) is 4.98 Å². The summed E-state index contributed by atoms with van der Waals surface area (Å²) in [6.07, 6.45) is 4.83. The maximum absolute atomic E-state index is 13.3. The molecule has 1 aromatic heterocycles. The lowest BCUT2D eigenvalue weighted by molar-refractivity contribution is -0.121. The van der Waals surface area contributed by atoms with Gasteiger partial charge >= 0.3 is 0 Å². The van der Waals surface area contributed by atoms with E-state index >= 15 is 0 Å². The van der Waals surface area contributed by atoms with Gasteiger partial charge in [-0.05, 0) is 41.7 Å². The van der Waals surface area contributed by atoms with Crippen molar-refractivity contribution in [3.8, 4) is 5.75 Å². The van der Waals surface area contributed by atoms with Crippen molar-refractivity contribution in [2.75, 3.05) is 12.0 Å². The molecule has 4 rings (SSSR count). The van der Waals surface area contributed by atoms with Crippen LogP contribution in [0, 0.1) is 5.41 Å². The van der Waals surface area contributed by atoms with Crippen LogP contribution < -0.4 is 9.64 Å². The van der Waals surface area contributed by atoms with E-state index in [9.17, 15) is 9.59 Å². The van der Waals surface area contributed by atoms with E-state index in [1.165, 1.54) is 0 Å². The Morgan fingerprint density at radius 3 is 2.50 bits per heavy atom. The molecular formula is C23H24N2O3. The normalized spacial score (nSPS) is 21.5. The number of allylic oxidation sites excluding steroid dienone is 2. The van der Waals surface area contributed by atoms with Gasteiger partial charge in [0.2, 0.25) is 5.91 Å². The number of amides is 1. The number of ether oxygens (including phenoxy) is 1. The SMILES string of the molecule is COc1ccccc1N1C(=O)CC(c2ccncc2)C2=C1CC(C)(C)CC2=O. The van der Waals surface area contributed by atoms with Gasteiger partial charge in [0.25, 0.3) is 0 Å². The standard InChI is InChI=1S/C23H24N2O3/c1-23(2)13-18-22(19(26)14-23)16(15-8-10-24-11-9-15)12-21(27)25(18)17-6-4-5-7-20(17)28-3/h4-11,16H,12-14H2,1-3H3. The molecule has 2 aliphatic rings. The molecule has 2 aromatic rings. The van der Waals surface area contributed by atoms with Crippen molar-refractivity contribution in [3.63, 3.8) is 0 Å². The molecule has 2 heterocycles. The molecule has 1 unspecified atom stereocenters. The Balaban J connectivity index is 1.92. The van der Waals surface area contributed by atoms with Crippen LogP contribution in [-0.4, -0.2) is 23.8 Å². The number of para-hydroxylation sites is 2. The van der Waals surface area contributed by atoms with E-state index in [1.54, 1.807) is 24.4 Å². The van der Waals surface area contributed by atoms with Gasteiger partial charge in [-0.15, -0.1) is 0 Å². The first-order chi connectivity index (χ1) is 13.4. The number of carbonyl (C=O) groups is 2. The van der Waals surface area contributed by atoms with Crippen LogP contribution in [0.3, 0.4) is 0 Å². The molecule has 1 atom stereocenters. The molecule has 0 spiro atoms. The Morgan fingerprint density at radius 2 is 1.79 bits per heavy atom. The van der Waals surface area contributed by atoms with Crippen LogP contribution in [0.2, 0.25) is 0 Å². The number of pyridine rings is 1. The molecule has 0 radical (unpaired) electrons. The average Bonchev–Trinajstić information content (AvgIpc) is 2.67. The Bertz CT molecular complexity index is 963. The largest absolute Gasteiger partial charge is 0.495 e.